The van der Waals surface area contributed by atoms with Crippen molar-refractivity contribution in [3.05, 3.63) is 57.5 Å². The Bertz CT molecular complexity index is 1260. The van der Waals surface area contributed by atoms with Gasteiger partial charge in [-0.1, -0.05) is 15.9 Å². The van der Waals surface area contributed by atoms with Crippen LogP contribution >= 0.6 is 15.9 Å². The zero-order valence-corrected chi connectivity index (χ0v) is 18.6. The van der Waals surface area contributed by atoms with Gasteiger partial charge in [0.2, 0.25) is 15.9 Å². The van der Waals surface area contributed by atoms with Gasteiger partial charge >= 0.3 is 5.76 Å². The molecule has 2 aromatic carbocycles. The minimum absolute atomic E-state index is 0.0401. The van der Waals surface area contributed by atoms with E-state index in [-0.39, 0.29) is 22.9 Å². The molecule has 0 saturated carbocycles. The Morgan fingerprint density at radius 1 is 1.20 bits per heavy atom. The predicted molar refractivity (Wildman–Crippen MR) is 116 cm³/mol. The molecule has 10 heteroatoms. The van der Waals surface area contributed by atoms with Crippen LogP contribution in [0.4, 0.5) is 5.69 Å². The van der Waals surface area contributed by atoms with Gasteiger partial charge in [-0.3, -0.25) is 9.36 Å². The van der Waals surface area contributed by atoms with Crippen molar-refractivity contribution >= 4 is 48.6 Å². The van der Waals surface area contributed by atoms with Crippen molar-refractivity contribution < 1.29 is 17.6 Å². The number of hydrogen-bond donors (Lipinski definition) is 1. The number of nitrogens with one attached hydrogen (secondary N) is 1. The second-order valence-electron chi connectivity index (χ2n) is 7.25. The van der Waals surface area contributed by atoms with Crippen molar-refractivity contribution in [3.8, 4) is 0 Å². The van der Waals surface area contributed by atoms with E-state index in [1.807, 2.05) is 12.1 Å². The second kappa shape index (κ2) is 8.01. The molecule has 0 aliphatic carbocycles. The average molecular weight is 494 g/mol. The summed E-state index contributed by atoms with van der Waals surface area (Å²) in [5, 5.41) is 2.85. The summed E-state index contributed by atoms with van der Waals surface area (Å²) >= 11 is 3.35. The third-order valence-corrected chi connectivity index (χ3v) is 7.66. The molecule has 0 bridgehead atoms. The molecule has 4 rings (SSSR count). The molecule has 1 aliphatic heterocycles. The van der Waals surface area contributed by atoms with Crippen LogP contribution in [0.3, 0.4) is 0 Å². The molecule has 0 spiro atoms. The highest BCUT2D eigenvalue weighted by molar-refractivity contribution is 9.10. The maximum Gasteiger partial charge on any atom is 0.419 e. The van der Waals surface area contributed by atoms with Crippen LogP contribution in [0.15, 0.2) is 61.0 Å². The van der Waals surface area contributed by atoms with Crippen LogP contribution in [0.25, 0.3) is 11.1 Å². The number of anilines is 1. The highest BCUT2D eigenvalue weighted by Gasteiger charge is 2.33. The summed E-state index contributed by atoms with van der Waals surface area (Å²) in [5.41, 5.74) is 1.39. The first-order chi connectivity index (χ1) is 14.3. The number of benzene rings is 2. The Morgan fingerprint density at radius 3 is 2.67 bits per heavy atom. The Morgan fingerprint density at radius 2 is 1.93 bits per heavy atom. The SMILES string of the molecule is Cn1c(=O)oc2cc(S(=O)(=O)N3CCC[C@H](C(=O)Nc4ccc(Br)cc4)C3)ccc21. The smallest absolute Gasteiger partial charge is 0.408 e. The van der Waals surface area contributed by atoms with Gasteiger partial charge in [-0.05, 0) is 49.2 Å². The summed E-state index contributed by atoms with van der Waals surface area (Å²) in [6.07, 6.45) is 1.20. The Hall–Kier alpha value is -2.43. The second-order valence-corrected chi connectivity index (χ2v) is 10.1. The fourth-order valence-electron chi connectivity index (χ4n) is 3.58. The van der Waals surface area contributed by atoms with Gasteiger partial charge in [0.05, 0.1) is 16.3 Å². The van der Waals surface area contributed by atoms with Gasteiger partial charge in [-0.2, -0.15) is 4.31 Å². The van der Waals surface area contributed by atoms with Crippen molar-refractivity contribution in [3.63, 3.8) is 0 Å². The van der Waals surface area contributed by atoms with Gasteiger partial charge in [-0.15, -0.1) is 0 Å². The molecule has 1 amide bonds. The van der Waals surface area contributed by atoms with Crippen molar-refractivity contribution in [2.24, 2.45) is 13.0 Å². The average Bonchev–Trinajstić information content (AvgIpc) is 3.03. The molecule has 0 radical (unpaired) electrons. The van der Waals surface area contributed by atoms with E-state index in [0.29, 0.717) is 30.6 Å². The number of amides is 1. The van der Waals surface area contributed by atoms with Crippen molar-refractivity contribution in [1.82, 2.24) is 8.87 Å². The van der Waals surface area contributed by atoms with E-state index in [9.17, 15) is 18.0 Å². The number of piperidine rings is 1. The molecule has 30 heavy (non-hydrogen) atoms. The molecule has 8 nitrogen and oxygen atoms in total. The van der Waals surface area contributed by atoms with E-state index in [0.717, 1.165) is 4.47 Å². The summed E-state index contributed by atoms with van der Waals surface area (Å²) in [4.78, 5) is 24.4. The number of aryl methyl sites for hydroxylation is 1. The monoisotopic (exact) mass is 493 g/mol. The molecule has 2 heterocycles. The highest BCUT2D eigenvalue weighted by Crippen LogP contribution is 2.27. The Kier molecular flexibility index (Phi) is 5.56. The van der Waals surface area contributed by atoms with Crippen LogP contribution in [0.2, 0.25) is 0 Å². The number of rotatable bonds is 4. The van der Waals surface area contributed by atoms with Crippen LogP contribution in [0.5, 0.6) is 0 Å². The maximum atomic E-state index is 13.1. The lowest BCUT2D eigenvalue weighted by atomic mass is 9.99. The van der Waals surface area contributed by atoms with Crippen LogP contribution < -0.4 is 11.1 Å². The fraction of sp³-hybridized carbons (Fsp3) is 0.300. The number of nitrogens with zero attached hydrogens (tertiary/aromatic N) is 2. The fourth-order valence-corrected chi connectivity index (χ4v) is 5.38. The van der Waals surface area contributed by atoms with Gasteiger partial charge in [0, 0.05) is 36.4 Å². The first-order valence-electron chi connectivity index (χ1n) is 9.42. The van der Waals surface area contributed by atoms with Crippen molar-refractivity contribution in [1.29, 1.82) is 0 Å². The Balaban J connectivity index is 1.53. The van der Waals surface area contributed by atoms with Gasteiger partial charge in [0.15, 0.2) is 5.58 Å². The van der Waals surface area contributed by atoms with Gasteiger partial charge in [0.25, 0.3) is 0 Å². The normalized spacial score (nSPS) is 17.9. The molecule has 158 valence electrons. The number of carbonyl (C=O) groups excluding carboxylic acids is 1. The molecular formula is C20H20BrN3O5S. The quantitative estimate of drug-likeness (QED) is 0.601. The Labute approximate surface area is 181 Å². The molecular weight excluding hydrogens is 474 g/mol. The van der Waals surface area contributed by atoms with Crippen LogP contribution in [-0.4, -0.2) is 36.3 Å². The zero-order valence-electron chi connectivity index (χ0n) is 16.2. The van der Waals surface area contributed by atoms with E-state index in [1.54, 1.807) is 25.2 Å². The van der Waals surface area contributed by atoms with Crippen molar-refractivity contribution in [2.75, 3.05) is 18.4 Å². The zero-order chi connectivity index (χ0) is 21.5. The molecule has 1 N–H and O–H groups in total. The lowest BCUT2D eigenvalue weighted by molar-refractivity contribution is -0.120. The molecule has 1 atom stereocenters. The number of halogens is 1. The number of oxazole rings is 1. The summed E-state index contributed by atoms with van der Waals surface area (Å²) in [7, 11) is -2.27. The summed E-state index contributed by atoms with van der Waals surface area (Å²) in [6, 6.07) is 11.6. The highest BCUT2D eigenvalue weighted by atomic mass is 79.9. The van der Waals surface area contributed by atoms with E-state index < -0.39 is 21.7 Å². The summed E-state index contributed by atoms with van der Waals surface area (Å²) in [5.74, 6) is -1.21. The number of aromatic nitrogens is 1. The third-order valence-electron chi connectivity index (χ3n) is 5.27. The first-order valence-corrected chi connectivity index (χ1v) is 11.7. The van der Waals surface area contributed by atoms with E-state index >= 15 is 0 Å². The summed E-state index contributed by atoms with van der Waals surface area (Å²) in [6.45, 7) is 0.433. The minimum Gasteiger partial charge on any atom is -0.408 e. The van der Waals surface area contributed by atoms with E-state index in [4.69, 9.17) is 4.42 Å². The first kappa shape index (κ1) is 20.8. The molecule has 1 aliphatic rings. The third kappa shape index (κ3) is 3.94. The van der Waals surface area contributed by atoms with Crippen LogP contribution in [0, 0.1) is 5.92 Å². The number of sulfonamides is 1. The van der Waals surface area contributed by atoms with Crippen LogP contribution in [0.1, 0.15) is 12.8 Å². The minimum atomic E-state index is -3.83. The lowest BCUT2D eigenvalue weighted by Crippen LogP contribution is -2.43. The number of fused-ring (bicyclic) bond motifs is 1. The number of carbonyl (C=O) groups is 1. The maximum absolute atomic E-state index is 13.1. The van der Waals surface area contributed by atoms with Gasteiger partial charge in [0.1, 0.15) is 0 Å². The number of hydrogen-bond acceptors (Lipinski definition) is 5. The predicted octanol–water partition coefficient (Wildman–Crippen LogP) is 2.93. The molecule has 1 fully saturated rings. The molecule has 0 unspecified atom stereocenters. The van der Waals surface area contributed by atoms with E-state index in [1.165, 1.54) is 21.0 Å². The standard InChI is InChI=1S/C20H20BrN3O5S/c1-23-17-9-8-16(11-18(17)29-20(23)26)30(27,28)24-10-2-3-13(12-24)19(25)22-15-6-4-14(21)5-7-15/h4-9,11,13H,2-3,10,12H2,1H3,(H,22,25)/t13-/m0/s1. The largest absolute Gasteiger partial charge is 0.419 e. The molecule has 1 saturated heterocycles. The lowest BCUT2D eigenvalue weighted by Gasteiger charge is -2.31. The van der Waals surface area contributed by atoms with E-state index in [2.05, 4.69) is 21.2 Å². The molecule has 1 aromatic heterocycles. The molecule has 3 aromatic rings. The van der Waals surface area contributed by atoms with Gasteiger partial charge in [-0.25, -0.2) is 13.2 Å². The van der Waals surface area contributed by atoms with Gasteiger partial charge < -0.3 is 9.73 Å². The summed E-state index contributed by atoms with van der Waals surface area (Å²) < 4.78 is 35.0. The topological polar surface area (TPSA) is 102 Å². The van der Waals surface area contributed by atoms with Crippen molar-refractivity contribution in [2.45, 2.75) is 17.7 Å². The van der Waals surface area contributed by atoms with Crippen LogP contribution in [-0.2, 0) is 21.9 Å².